The number of aliphatic hydroxyl groups excluding tert-OH is 1. The standard InChI is InChI=1S/C26H29N3O3S/c30-17-21-10-5-4-9-20(21)15-22-18-33-25(28-22)16-27-24(31)12-13-26(32)29-14-6-11-23(29)19-7-2-1-3-8-19/h1-5,7-10,18,23,30H,6,11-17H2,(H,27,31). The van der Waals surface area contributed by atoms with Gasteiger partial charge < -0.3 is 15.3 Å². The summed E-state index contributed by atoms with van der Waals surface area (Å²) in [7, 11) is 0. The van der Waals surface area contributed by atoms with Crippen molar-refractivity contribution in [3.05, 3.63) is 87.4 Å². The van der Waals surface area contributed by atoms with E-state index < -0.39 is 0 Å². The number of aromatic nitrogens is 1. The van der Waals surface area contributed by atoms with Crippen LogP contribution in [0.4, 0.5) is 0 Å². The van der Waals surface area contributed by atoms with Gasteiger partial charge in [-0.05, 0) is 29.5 Å². The van der Waals surface area contributed by atoms with Crippen LogP contribution in [-0.2, 0) is 29.2 Å². The summed E-state index contributed by atoms with van der Waals surface area (Å²) in [6.07, 6.45) is 3.01. The Morgan fingerprint density at radius 3 is 2.61 bits per heavy atom. The summed E-state index contributed by atoms with van der Waals surface area (Å²) in [5.74, 6) is -0.100. The highest BCUT2D eigenvalue weighted by atomic mass is 32.1. The van der Waals surface area contributed by atoms with E-state index in [1.165, 1.54) is 11.3 Å². The molecule has 1 aliphatic rings. The molecule has 1 fully saturated rings. The molecule has 6 nitrogen and oxygen atoms in total. The zero-order valence-corrected chi connectivity index (χ0v) is 19.4. The lowest BCUT2D eigenvalue weighted by atomic mass is 10.0. The Balaban J connectivity index is 1.23. The number of carbonyl (C=O) groups is 2. The minimum absolute atomic E-state index is 0.00543. The number of benzene rings is 2. The maximum Gasteiger partial charge on any atom is 0.223 e. The van der Waals surface area contributed by atoms with Gasteiger partial charge in [0, 0.05) is 31.2 Å². The number of carbonyl (C=O) groups excluding carboxylic acids is 2. The first kappa shape index (κ1) is 23.1. The number of likely N-dealkylation sites (tertiary alicyclic amines) is 1. The third kappa shape index (κ3) is 6.06. The zero-order chi connectivity index (χ0) is 23.0. The molecule has 172 valence electrons. The van der Waals surface area contributed by atoms with Crippen molar-refractivity contribution in [3.8, 4) is 0 Å². The molecule has 0 bridgehead atoms. The van der Waals surface area contributed by atoms with Crippen molar-refractivity contribution in [2.45, 2.75) is 51.3 Å². The summed E-state index contributed by atoms with van der Waals surface area (Å²) in [5.41, 5.74) is 4.03. The SMILES string of the molecule is O=C(CCC(=O)N1CCCC1c1ccccc1)NCc1nc(Cc2ccccc2CO)cs1. The number of nitrogens with one attached hydrogen (secondary N) is 1. The molecule has 4 rings (SSSR count). The van der Waals surface area contributed by atoms with E-state index in [-0.39, 0.29) is 37.3 Å². The third-order valence-corrected chi connectivity index (χ3v) is 6.92. The molecule has 1 saturated heterocycles. The summed E-state index contributed by atoms with van der Waals surface area (Å²) in [6, 6.07) is 18.0. The molecule has 33 heavy (non-hydrogen) atoms. The first-order valence-electron chi connectivity index (χ1n) is 11.4. The quantitative estimate of drug-likeness (QED) is 0.503. The Labute approximate surface area is 198 Å². The molecular formula is C26H29N3O3S. The van der Waals surface area contributed by atoms with Crippen LogP contribution in [-0.4, -0.2) is 33.3 Å². The number of hydrogen-bond donors (Lipinski definition) is 2. The lowest BCUT2D eigenvalue weighted by molar-refractivity contribution is -0.134. The molecule has 0 saturated carbocycles. The summed E-state index contributed by atoms with van der Waals surface area (Å²) in [6.45, 7) is 1.11. The summed E-state index contributed by atoms with van der Waals surface area (Å²) in [5, 5.41) is 15.2. The number of amides is 2. The normalized spacial score (nSPS) is 15.5. The molecule has 3 aromatic rings. The second kappa shape index (κ2) is 11.2. The van der Waals surface area contributed by atoms with Gasteiger partial charge in [-0.25, -0.2) is 4.98 Å². The van der Waals surface area contributed by atoms with E-state index in [0.717, 1.165) is 46.8 Å². The molecule has 1 unspecified atom stereocenters. The van der Waals surface area contributed by atoms with E-state index >= 15 is 0 Å². The van der Waals surface area contributed by atoms with E-state index in [9.17, 15) is 14.7 Å². The number of aliphatic hydroxyl groups is 1. The second-order valence-corrected chi connectivity index (χ2v) is 9.21. The lowest BCUT2D eigenvalue weighted by Gasteiger charge is -2.25. The van der Waals surface area contributed by atoms with Gasteiger partial charge in [0.1, 0.15) is 5.01 Å². The predicted molar refractivity (Wildman–Crippen MR) is 128 cm³/mol. The lowest BCUT2D eigenvalue weighted by Crippen LogP contribution is -2.32. The molecule has 0 radical (unpaired) electrons. The molecule has 0 aliphatic carbocycles. The molecule has 1 aromatic heterocycles. The molecule has 0 spiro atoms. The van der Waals surface area contributed by atoms with Crippen LogP contribution in [0.3, 0.4) is 0 Å². The van der Waals surface area contributed by atoms with Crippen molar-refractivity contribution < 1.29 is 14.7 Å². The van der Waals surface area contributed by atoms with Crippen molar-refractivity contribution in [1.82, 2.24) is 15.2 Å². The van der Waals surface area contributed by atoms with E-state index in [0.29, 0.717) is 13.0 Å². The molecule has 1 atom stereocenters. The monoisotopic (exact) mass is 463 g/mol. The molecule has 2 heterocycles. The van der Waals surface area contributed by atoms with E-state index in [1.54, 1.807) is 0 Å². The highest BCUT2D eigenvalue weighted by molar-refractivity contribution is 7.09. The summed E-state index contributed by atoms with van der Waals surface area (Å²) in [4.78, 5) is 31.6. The van der Waals surface area contributed by atoms with Crippen molar-refractivity contribution in [2.75, 3.05) is 6.54 Å². The number of rotatable bonds is 9. The summed E-state index contributed by atoms with van der Waals surface area (Å²) < 4.78 is 0. The Morgan fingerprint density at radius 1 is 1.06 bits per heavy atom. The van der Waals surface area contributed by atoms with Crippen molar-refractivity contribution in [3.63, 3.8) is 0 Å². The molecule has 2 amide bonds. The van der Waals surface area contributed by atoms with Crippen LogP contribution < -0.4 is 5.32 Å². The Bertz CT molecular complexity index is 1080. The minimum Gasteiger partial charge on any atom is -0.392 e. The minimum atomic E-state index is -0.138. The number of nitrogens with zero attached hydrogens (tertiary/aromatic N) is 2. The largest absolute Gasteiger partial charge is 0.392 e. The van der Waals surface area contributed by atoms with Gasteiger partial charge in [-0.2, -0.15) is 0 Å². The maximum atomic E-state index is 12.8. The Hall–Kier alpha value is -3.03. The van der Waals surface area contributed by atoms with Gasteiger partial charge in [-0.3, -0.25) is 9.59 Å². The smallest absolute Gasteiger partial charge is 0.223 e. The van der Waals surface area contributed by atoms with Crippen LogP contribution in [0.2, 0.25) is 0 Å². The molecule has 1 aliphatic heterocycles. The predicted octanol–water partition coefficient (Wildman–Crippen LogP) is 3.99. The summed E-state index contributed by atoms with van der Waals surface area (Å²) >= 11 is 1.50. The van der Waals surface area contributed by atoms with Crippen LogP contribution in [0.15, 0.2) is 60.0 Å². The highest BCUT2D eigenvalue weighted by Gasteiger charge is 2.29. The van der Waals surface area contributed by atoms with Gasteiger partial charge in [-0.15, -0.1) is 11.3 Å². The fraction of sp³-hybridized carbons (Fsp3) is 0.346. The van der Waals surface area contributed by atoms with Crippen LogP contribution >= 0.6 is 11.3 Å². The Kier molecular flexibility index (Phi) is 7.86. The second-order valence-electron chi connectivity index (χ2n) is 8.27. The molecule has 2 aromatic carbocycles. The molecule has 7 heteroatoms. The van der Waals surface area contributed by atoms with Gasteiger partial charge in [0.2, 0.25) is 11.8 Å². The van der Waals surface area contributed by atoms with Crippen LogP contribution in [0, 0.1) is 0 Å². The van der Waals surface area contributed by atoms with Crippen molar-refractivity contribution in [2.24, 2.45) is 0 Å². The van der Waals surface area contributed by atoms with E-state index in [2.05, 4.69) is 22.4 Å². The highest BCUT2D eigenvalue weighted by Crippen LogP contribution is 2.32. The molecular weight excluding hydrogens is 434 g/mol. The topological polar surface area (TPSA) is 82.5 Å². The van der Waals surface area contributed by atoms with Crippen LogP contribution in [0.1, 0.15) is 59.1 Å². The van der Waals surface area contributed by atoms with E-state index in [1.807, 2.05) is 52.7 Å². The van der Waals surface area contributed by atoms with E-state index in [4.69, 9.17) is 0 Å². The van der Waals surface area contributed by atoms with Gasteiger partial charge in [0.25, 0.3) is 0 Å². The van der Waals surface area contributed by atoms with Gasteiger partial charge >= 0.3 is 0 Å². The van der Waals surface area contributed by atoms with Crippen molar-refractivity contribution in [1.29, 1.82) is 0 Å². The van der Waals surface area contributed by atoms with Crippen LogP contribution in [0.5, 0.6) is 0 Å². The first-order chi connectivity index (χ1) is 16.1. The molecule has 2 N–H and O–H groups in total. The maximum absolute atomic E-state index is 12.8. The van der Waals surface area contributed by atoms with Crippen LogP contribution in [0.25, 0.3) is 0 Å². The average Bonchev–Trinajstić information content (AvgIpc) is 3.52. The van der Waals surface area contributed by atoms with Gasteiger partial charge in [-0.1, -0.05) is 54.6 Å². The fourth-order valence-electron chi connectivity index (χ4n) is 4.30. The third-order valence-electron chi connectivity index (χ3n) is 6.02. The van der Waals surface area contributed by atoms with Gasteiger partial charge in [0.15, 0.2) is 0 Å². The van der Waals surface area contributed by atoms with Gasteiger partial charge in [0.05, 0.1) is 24.9 Å². The average molecular weight is 464 g/mol. The number of hydrogen-bond acceptors (Lipinski definition) is 5. The Morgan fingerprint density at radius 2 is 1.82 bits per heavy atom. The first-order valence-corrected chi connectivity index (χ1v) is 12.2. The van der Waals surface area contributed by atoms with Crippen molar-refractivity contribution >= 4 is 23.2 Å². The number of thiazole rings is 1. The fourth-order valence-corrected chi connectivity index (χ4v) is 5.04. The zero-order valence-electron chi connectivity index (χ0n) is 18.6.